The molecule has 2 unspecified atom stereocenters. The van der Waals surface area contributed by atoms with E-state index in [4.69, 9.17) is 0 Å². The molecule has 168 valence electrons. The van der Waals surface area contributed by atoms with E-state index in [1.165, 1.54) is 52.8 Å². The van der Waals surface area contributed by atoms with Crippen molar-refractivity contribution in [1.82, 2.24) is 0 Å². The summed E-state index contributed by atoms with van der Waals surface area (Å²) in [6, 6.07) is 44.6. The van der Waals surface area contributed by atoms with Crippen LogP contribution < -0.4 is 21.2 Å². The molecule has 0 nitrogen and oxygen atoms in total. The lowest BCUT2D eigenvalue weighted by atomic mass is 10.3. The molecule has 0 aromatic heterocycles. The molecule has 0 heterocycles. The molecule has 0 aliphatic rings. The van der Waals surface area contributed by atoms with Crippen LogP contribution in [0.25, 0.3) is 0 Å². The van der Waals surface area contributed by atoms with E-state index in [1.54, 1.807) is 0 Å². The Morgan fingerprint density at radius 1 is 0.364 bits per heavy atom. The van der Waals surface area contributed by atoms with Crippen LogP contribution in [-0.2, 0) is 0 Å². The van der Waals surface area contributed by atoms with Crippen LogP contribution in [0.15, 0.2) is 121 Å². The number of hydrogen-bond donors (Lipinski definition) is 0. The molecule has 0 bridgehead atoms. The summed E-state index contributed by atoms with van der Waals surface area (Å²) in [5.74, 6) is 0. The Morgan fingerprint density at radius 2 is 0.636 bits per heavy atom. The van der Waals surface area contributed by atoms with Crippen LogP contribution in [-0.4, -0.2) is 12.3 Å². The SMILES string of the molecule is c1ccc(P(PCCCCCPP(c2ccccc2)c2ccccc2)c2ccccc2)cc1. The fourth-order valence-electron chi connectivity index (χ4n) is 3.78. The van der Waals surface area contributed by atoms with E-state index in [9.17, 15) is 0 Å². The Morgan fingerprint density at radius 3 is 0.909 bits per heavy atom. The Labute approximate surface area is 205 Å². The van der Waals surface area contributed by atoms with Gasteiger partial charge in [0, 0.05) is 0 Å². The monoisotopic (exact) mass is 504 g/mol. The molecular formula is C29H32P4. The largest absolute Gasteiger partial charge is 0.0868 e. The van der Waals surface area contributed by atoms with Crippen molar-refractivity contribution in [2.24, 2.45) is 0 Å². The van der Waals surface area contributed by atoms with Crippen molar-refractivity contribution >= 4 is 53.0 Å². The highest BCUT2D eigenvalue weighted by Crippen LogP contribution is 2.54. The molecule has 0 N–H and O–H groups in total. The van der Waals surface area contributed by atoms with E-state index >= 15 is 0 Å². The number of hydrogen-bond acceptors (Lipinski definition) is 0. The molecule has 33 heavy (non-hydrogen) atoms. The maximum absolute atomic E-state index is 2.32. The first kappa shape index (κ1) is 24.7. The van der Waals surface area contributed by atoms with Gasteiger partial charge < -0.3 is 0 Å². The number of rotatable bonds is 12. The molecule has 0 aliphatic heterocycles. The third-order valence-electron chi connectivity index (χ3n) is 5.45. The zero-order valence-electron chi connectivity index (χ0n) is 19.0. The molecule has 0 saturated heterocycles. The molecule has 0 fully saturated rings. The number of unbranched alkanes of at least 4 members (excludes halogenated alkanes) is 2. The molecule has 2 atom stereocenters. The highest BCUT2D eigenvalue weighted by Gasteiger charge is 2.14. The lowest BCUT2D eigenvalue weighted by molar-refractivity contribution is 0.785. The van der Waals surface area contributed by atoms with Crippen LogP contribution in [0, 0.1) is 0 Å². The van der Waals surface area contributed by atoms with E-state index in [-0.39, 0.29) is 15.2 Å². The van der Waals surface area contributed by atoms with Gasteiger partial charge in [0.2, 0.25) is 0 Å². The van der Waals surface area contributed by atoms with Crippen LogP contribution in [0.3, 0.4) is 0 Å². The molecule has 0 amide bonds. The molecular weight excluding hydrogens is 472 g/mol. The molecule has 0 aliphatic carbocycles. The highest BCUT2D eigenvalue weighted by molar-refractivity contribution is 8.28. The van der Waals surface area contributed by atoms with Crippen LogP contribution in [0.5, 0.6) is 0 Å². The van der Waals surface area contributed by atoms with Crippen LogP contribution in [0.2, 0.25) is 0 Å². The first-order valence-electron chi connectivity index (χ1n) is 11.7. The first-order chi connectivity index (χ1) is 16.4. The maximum atomic E-state index is 2.32. The topological polar surface area (TPSA) is 0 Å². The lowest BCUT2D eigenvalue weighted by Crippen LogP contribution is -2.08. The summed E-state index contributed by atoms with van der Waals surface area (Å²) in [5.41, 5.74) is 0. The van der Waals surface area contributed by atoms with Gasteiger partial charge in [-0.15, -0.1) is 0 Å². The quantitative estimate of drug-likeness (QED) is 0.138. The van der Waals surface area contributed by atoms with E-state index in [2.05, 4.69) is 121 Å². The normalized spacial score (nSPS) is 11.9. The summed E-state index contributed by atoms with van der Waals surface area (Å²) in [6.45, 7) is 0. The third-order valence-corrected chi connectivity index (χ3v) is 16.8. The maximum Gasteiger partial charge on any atom is -0.0155 e. The van der Waals surface area contributed by atoms with Crippen molar-refractivity contribution in [2.75, 3.05) is 12.3 Å². The average molecular weight is 504 g/mol. The van der Waals surface area contributed by atoms with Gasteiger partial charge in [-0.2, -0.15) is 0 Å². The summed E-state index contributed by atoms with van der Waals surface area (Å²) in [6.07, 6.45) is 6.78. The Bertz CT molecular complexity index is 874. The minimum absolute atomic E-state index is 0.214. The van der Waals surface area contributed by atoms with E-state index in [0.29, 0.717) is 0 Å². The van der Waals surface area contributed by atoms with Gasteiger partial charge >= 0.3 is 0 Å². The first-order valence-corrected chi connectivity index (χ1v) is 18.5. The minimum Gasteiger partial charge on any atom is -0.0868 e. The van der Waals surface area contributed by atoms with Crippen molar-refractivity contribution in [2.45, 2.75) is 19.3 Å². The predicted octanol–water partition coefficient (Wildman–Crippen LogP) is 7.61. The molecule has 4 rings (SSSR count). The highest BCUT2D eigenvalue weighted by atomic mass is 32.1. The molecule has 4 aromatic carbocycles. The third kappa shape index (κ3) is 7.81. The summed E-state index contributed by atoms with van der Waals surface area (Å²) >= 11 is 0. The lowest BCUT2D eigenvalue weighted by Gasteiger charge is -2.19. The number of benzene rings is 4. The Hall–Kier alpha value is -1.40. The van der Waals surface area contributed by atoms with Gasteiger partial charge in [-0.25, -0.2) is 0 Å². The smallest absolute Gasteiger partial charge is 0.0155 e. The van der Waals surface area contributed by atoms with Gasteiger partial charge in [0.15, 0.2) is 0 Å². The van der Waals surface area contributed by atoms with Crippen LogP contribution in [0.4, 0.5) is 0 Å². The van der Waals surface area contributed by atoms with Gasteiger partial charge in [0.1, 0.15) is 0 Å². The fourth-order valence-corrected chi connectivity index (χ4v) is 14.5. The van der Waals surface area contributed by atoms with E-state index in [1.807, 2.05) is 0 Å². The summed E-state index contributed by atoms with van der Waals surface area (Å²) in [7, 11) is 1.60. The predicted molar refractivity (Wildman–Crippen MR) is 158 cm³/mol. The van der Waals surface area contributed by atoms with Crippen molar-refractivity contribution in [3.05, 3.63) is 121 Å². The Kier molecular flexibility index (Phi) is 10.6. The second kappa shape index (κ2) is 14.1. The van der Waals surface area contributed by atoms with Crippen molar-refractivity contribution < 1.29 is 0 Å². The van der Waals surface area contributed by atoms with Gasteiger partial charge in [-0.05, 0) is 61.6 Å². The summed E-state index contributed by atoms with van der Waals surface area (Å²) < 4.78 is 0. The second-order valence-electron chi connectivity index (χ2n) is 7.89. The zero-order chi connectivity index (χ0) is 22.6. The van der Waals surface area contributed by atoms with E-state index in [0.717, 1.165) is 16.5 Å². The van der Waals surface area contributed by atoms with Crippen LogP contribution >= 0.6 is 31.8 Å². The van der Waals surface area contributed by atoms with Crippen molar-refractivity contribution in [3.63, 3.8) is 0 Å². The molecule has 0 spiro atoms. The van der Waals surface area contributed by atoms with Crippen molar-refractivity contribution in [1.29, 1.82) is 0 Å². The minimum atomic E-state index is -0.214. The molecule has 0 saturated carbocycles. The van der Waals surface area contributed by atoms with Crippen molar-refractivity contribution in [3.8, 4) is 0 Å². The molecule has 0 radical (unpaired) electrons. The molecule has 4 heteroatoms. The second-order valence-corrected chi connectivity index (χ2v) is 17.5. The van der Waals surface area contributed by atoms with Gasteiger partial charge in [0.05, 0.1) is 0 Å². The summed E-state index contributed by atoms with van der Waals surface area (Å²) in [5, 5.41) is 6.09. The van der Waals surface area contributed by atoms with Crippen LogP contribution in [0.1, 0.15) is 19.3 Å². The zero-order valence-corrected chi connectivity index (χ0v) is 22.8. The standard InChI is InChI=1S/C29H32P4/c1-6-16-26(17-7-1)32(27-18-8-2-9-19-27)30-24-14-5-15-25-31-33(28-20-10-3-11-21-28)29-22-12-4-13-23-29/h1-4,6-13,16-23,30-31H,5,14-15,24-25H2. The van der Waals surface area contributed by atoms with Gasteiger partial charge in [0.25, 0.3) is 0 Å². The van der Waals surface area contributed by atoms with Gasteiger partial charge in [-0.3, -0.25) is 0 Å². The fraction of sp³-hybridized carbons (Fsp3) is 0.172. The van der Waals surface area contributed by atoms with E-state index < -0.39 is 0 Å². The Balaban J connectivity index is 1.25. The molecule has 4 aromatic rings. The van der Waals surface area contributed by atoms with Gasteiger partial charge in [-0.1, -0.05) is 144 Å². The average Bonchev–Trinajstić information content (AvgIpc) is 2.90. The summed E-state index contributed by atoms with van der Waals surface area (Å²) in [4.78, 5) is 0.